The molecule has 0 radical (unpaired) electrons. The number of halogens is 2. The zero-order valence-corrected chi connectivity index (χ0v) is 17.5. The molecule has 2 aliphatic heterocycles. The Kier molecular flexibility index (Phi) is 5.66. The number of aliphatic imine (C=N–C) groups is 1. The molecule has 0 spiro atoms. The van der Waals surface area contributed by atoms with E-state index >= 15 is 0 Å². The highest BCUT2D eigenvalue weighted by Crippen LogP contribution is 2.41. The average Bonchev–Trinajstić information content (AvgIpc) is 2.71. The highest BCUT2D eigenvalue weighted by Gasteiger charge is 2.41. The first-order chi connectivity index (χ1) is 14.4. The molecule has 30 heavy (non-hydrogen) atoms. The van der Waals surface area contributed by atoms with Crippen molar-refractivity contribution in [3.05, 3.63) is 58.9 Å². The molecule has 8 heteroatoms. The molecule has 1 atom stereocenters. The number of rotatable bonds is 4. The van der Waals surface area contributed by atoms with Gasteiger partial charge in [0.05, 0.1) is 28.4 Å². The summed E-state index contributed by atoms with van der Waals surface area (Å²) >= 11 is 6.68. The van der Waals surface area contributed by atoms with Crippen LogP contribution < -0.4 is 11.1 Å². The van der Waals surface area contributed by atoms with Gasteiger partial charge in [-0.2, -0.15) is 0 Å². The second-order valence-electron chi connectivity index (χ2n) is 7.80. The van der Waals surface area contributed by atoms with Crippen LogP contribution in [0.25, 0.3) is 0 Å². The minimum absolute atomic E-state index is 0.00378. The van der Waals surface area contributed by atoms with Gasteiger partial charge in [-0.3, -0.25) is 9.69 Å². The van der Waals surface area contributed by atoms with Crippen molar-refractivity contribution in [1.29, 1.82) is 0 Å². The van der Waals surface area contributed by atoms with Crippen LogP contribution in [-0.2, 0) is 15.1 Å². The van der Waals surface area contributed by atoms with Crippen molar-refractivity contribution in [2.75, 3.05) is 18.5 Å². The average molecular weight is 431 g/mol. The molecule has 1 saturated heterocycles. The van der Waals surface area contributed by atoms with Gasteiger partial charge in [-0.05, 0) is 38.0 Å². The van der Waals surface area contributed by atoms with Crippen LogP contribution in [0, 0.1) is 5.82 Å². The summed E-state index contributed by atoms with van der Waals surface area (Å²) in [5.74, 6) is -0.267. The Hall–Kier alpha value is -2.64. The van der Waals surface area contributed by atoms with Gasteiger partial charge in [0.1, 0.15) is 5.82 Å². The van der Waals surface area contributed by atoms with Gasteiger partial charge in [-0.25, -0.2) is 9.38 Å². The summed E-state index contributed by atoms with van der Waals surface area (Å²) in [7, 11) is 0. The summed E-state index contributed by atoms with van der Waals surface area (Å²) in [4.78, 5) is 19.3. The molecule has 0 aliphatic carbocycles. The van der Waals surface area contributed by atoms with Crippen molar-refractivity contribution in [2.45, 2.75) is 37.8 Å². The zero-order chi connectivity index (χ0) is 21.3. The fourth-order valence-corrected chi connectivity index (χ4v) is 4.47. The highest BCUT2D eigenvalue weighted by atomic mass is 35.5. The lowest BCUT2D eigenvalue weighted by Crippen LogP contribution is -2.55. The summed E-state index contributed by atoms with van der Waals surface area (Å²) in [6, 6.07) is 11.7. The molecule has 4 rings (SSSR count). The molecule has 158 valence electrons. The molecule has 6 nitrogen and oxygen atoms in total. The standard InChI is InChI=1S/C22H24ClFN4O2/c1-22(13-19(29)28(21(25)27-22)14-9-11-30-12-10-14)15-5-4-8-18(20(15)23)26-17-7-3-2-6-16(17)24/h2-8,14,26H,9-13H2,1H3,(H2,25,27)/t22-/m0/s1. The third-order valence-electron chi connectivity index (χ3n) is 5.65. The van der Waals surface area contributed by atoms with Crippen molar-refractivity contribution < 1.29 is 13.9 Å². The number of ether oxygens (including phenoxy) is 1. The number of nitrogens with zero attached hydrogens (tertiary/aromatic N) is 2. The first-order valence-corrected chi connectivity index (χ1v) is 10.3. The number of benzene rings is 2. The number of guanidine groups is 1. The molecule has 2 aliphatic rings. The van der Waals surface area contributed by atoms with E-state index in [2.05, 4.69) is 5.32 Å². The molecule has 0 saturated carbocycles. The fraction of sp³-hybridized carbons (Fsp3) is 0.364. The van der Waals surface area contributed by atoms with E-state index in [-0.39, 0.29) is 30.1 Å². The predicted molar refractivity (Wildman–Crippen MR) is 115 cm³/mol. The number of amides is 1. The Labute approximate surface area is 179 Å². The maximum Gasteiger partial charge on any atom is 0.232 e. The van der Waals surface area contributed by atoms with Crippen molar-refractivity contribution in [3.8, 4) is 0 Å². The topological polar surface area (TPSA) is 80.0 Å². The lowest BCUT2D eigenvalue weighted by molar-refractivity contribution is -0.132. The van der Waals surface area contributed by atoms with Crippen LogP contribution in [0.1, 0.15) is 31.7 Å². The van der Waals surface area contributed by atoms with Crippen molar-refractivity contribution in [3.63, 3.8) is 0 Å². The summed E-state index contributed by atoms with van der Waals surface area (Å²) in [5, 5.41) is 3.41. The molecule has 2 aromatic carbocycles. The third kappa shape index (κ3) is 3.87. The summed E-state index contributed by atoms with van der Waals surface area (Å²) in [5.41, 5.74) is 6.85. The van der Waals surface area contributed by atoms with Gasteiger partial charge in [0.15, 0.2) is 5.96 Å². The Balaban J connectivity index is 1.66. The number of carbonyl (C=O) groups is 1. The predicted octanol–water partition coefficient (Wildman–Crippen LogP) is 4.16. The quantitative estimate of drug-likeness (QED) is 0.763. The minimum atomic E-state index is -0.910. The smallest absolute Gasteiger partial charge is 0.232 e. The summed E-state index contributed by atoms with van der Waals surface area (Å²) in [6.45, 7) is 3.05. The lowest BCUT2D eigenvalue weighted by Gasteiger charge is -2.40. The second-order valence-corrected chi connectivity index (χ2v) is 8.18. The maximum absolute atomic E-state index is 14.1. The molecular formula is C22H24ClFN4O2. The zero-order valence-electron chi connectivity index (χ0n) is 16.7. The van der Waals surface area contributed by atoms with Crippen molar-refractivity contribution in [2.24, 2.45) is 10.7 Å². The molecule has 0 unspecified atom stereocenters. The Bertz CT molecular complexity index is 993. The van der Waals surface area contributed by atoms with Crippen LogP contribution in [0.3, 0.4) is 0 Å². The number of hydrogen-bond acceptors (Lipinski definition) is 5. The number of hydrogen-bond donors (Lipinski definition) is 2. The minimum Gasteiger partial charge on any atom is -0.381 e. The van der Waals surface area contributed by atoms with Gasteiger partial charge in [-0.1, -0.05) is 35.9 Å². The SMILES string of the molecule is C[C@@]1(c2cccc(Nc3ccccc3F)c2Cl)CC(=O)N(C2CCOCC2)C(N)=N1. The molecule has 0 bridgehead atoms. The Morgan fingerprint density at radius 2 is 1.90 bits per heavy atom. The molecule has 3 N–H and O–H groups in total. The van der Waals surface area contributed by atoms with Gasteiger partial charge >= 0.3 is 0 Å². The van der Waals surface area contributed by atoms with E-state index < -0.39 is 5.54 Å². The molecular weight excluding hydrogens is 407 g/mol. The highest BCUT2D eigenvalue weighted by molar-refractivity contribution is 6.34. The van der Waals surface area contributed by atoms with Gasteiger partial charge in [-0.15, -0.1) is 0 Å². The van der Waals surface area contributed by atoms with Crippen LogP contribution in [0.5, 0.6) is 0 Å². The molecule has 0 aromatic heterocycles. The van der Waals surface area contributed by atoms with E-state index in [1.807, 2.05) is 13.0 Å². The van der Waals surface area contributed by atoms with Crippen molar-refractivity contribution >= 4 is 34.8 Å². The molecule has 1 amide bonds. The van der Waals surface area contributed by atoms with Crippen LogP contribution in [0.4, 0.5) is 15.8 Å². The van der Waals surface area contributed by atoms with Crippen LogP contribution in [-0.4, -0.2) is 36.0 Å². The second kappa shape index (κ2) is 8.24. The number of para-hydroxylation sites is 1. The first kappa shape index (κ1) is 20.6. The maximum atomic E-state index is 14.1. The lowest BCUT2D eigenvalue weighted by atomic mass is 9.86. The van der Waals surface area contributed by atoms with E-state index in [4.69, 9.17) is 27.1 Å². The monoisotopic (exact) mass is 430 g/mol. The molecule has 1 fully saturated rings. The van der Waals surface area contributed by atoms with E-state index in [1.54, 1.807) is 35.2 Å². The van der Waals surface area contributed by atoms with Gasteiger partial charge < -0.3 is 15.8 Å². The van der Waals surface area contributed by atoms with Crippen molar-refractivity contribution in [1.82, 2.24) is 4.90 Å². The largest absolute Gasteiger partial charge is 0.381 e. The van der Waals surface area contributed by atoms with Crippen LogP contribution >= 0.6 is 11.6 Å². The number of nitrogens with one attached hydrogen (secondary N) is 1. The van der Waals surface area contributed by atoms with E-state index in [0.717, 1.165) is 12.8 Å². The Morgan fingerprint density at radius 1 is 1.20 bits per heavy atom. The van der Waals surface area contributed by atoms with Crippen LogP contribution in [0.2, 0.25) is 5.02 Å². The molecule has 2 aromatic rings. The van der Waals surface area contributed by atoms with Gasteiger partial charge in [0.2, 0.25) is 5.91 Å². The third-order valence-corrected chi connectivity index (χ3v) is 6.06. The van der Waals surface area contributed by atoms with E-state index in [1.165, 1.54) is 6.07 Å². The fourth-order valence-electron chi connectivity index (χ4n) is 4.10. The Morgan fingerprint density at radius 3 is 2.60 bits per heavy atom. The van der Waals surface area contributed by atoms with E-state index in [0.29, 0.717) is 35.2 Å². The van der Waals surface area contributed by atoms with E-state index in [9.17, 15) is 9.18 Å². The summed E-state index contributed by atoms with van der Waals surface area (Å²) in [6.07, 6.45) is 1.62. The number of anilines is 2. The van der Waals surface area contributed by atoms with Gasteiger partial charge in [0, 0.05) is 24.8 Å². The van der Waals surface area contributed by atoms with Crippen LogP contribution in [0.15, 0.2) is 47.5 Å². The first-order valence-electron chi connectivity index (χ1n) is 9.95. The van der Waals surface area contributed by atoms with Gasteiger partial charge in [0.25, 0.3) is 0 Å². The number of carbonyl (C=O) groups excluding carboxylic acids is 1. The normalized spacial score (nSPS) is 22.7. The molecule has 2 heterocycles. The summed E-state index contributed by atoms with van der Waals surface area (Å²) < 4.78 is 19.4. The number of nitrogens with two attached hydrogens (primary N) is 1.